The summed E-state index contributed by atoms with van der Waals surface area (Å²) >= 11 is 0. The zero-order valence-electron chi connectivity index (χ0n) is 12.7. The molecule has 0 aliphatic carbocycles. The van der Waals surface area contributed by atoms with Gasteiger partial charge >= 0.3 is 0 Å². The van der Waals surface area contributed by atoms with E-state index in [4.69, 9.17) is 0 Å². The Bertz CT molecular complexity index is 682. The monoisotopic (exact) mass is 324 g/mol. The molecule has 7 heteroatoms. The van der Waals surface area contributed by atoms with Crippen LogP contribution in [0.3, 0.4) is 0 Å². The third-order valence-corrected chi connectivity index (χ3v) is 5.57. The van der Waals surface area contributed by atoms with Crippen molar-refractivity contribution in [3.05, 3.63) is 35.4 Å². The first kappa shape index (κ1) is 16.5. The standard InChI is InChI=1S/C15H20N2O4S/c1-11-3-5-12(6-4-11)14(19)16-9-13(18)17-15(2)7-8-22(20,21)10-15/h3-6H,7-10H2,1-2H3,(H,16,19)(H,17,18)/t15-/m1/s1. The Kier molecular flexibility index (Phi) is 4.55. The number of nitrogens with one attached hydrogen (secondary N) is 2. The maximum atomic E-state index is 11.9. The van der Waals surface area contributed by atoms with Gasteiger partial charge in [-0.3, -0.25) is 9.59 Å². The van der Waals surface area contributed by atoms with Crippen molar-refractivity contribution in [1.82, 2.24) is 10.6 Å². The van der Waals surface area contributed by atoms with E-state index in [0.717, 1.165) is 5.56 Å². The summed E-state index contributed by atoms with van der Waals surface area (Å²) < 4.78 is 23.0. The zero-order chi connectivity index (χ0) is 16.4. The van der Waals surface area contributed by atoms with E-state index >= 15 is 0 Å². The van der Waals surface area contributed by atoms with E-state index in [-0.39, 0.29) is 29.9 Å². The van der Waals surface area contributed by atoms with Gasteiger partial charge < -0.3 is 10.6 Å². The summed E-state index contributed by atoms with van der Waals surface area (Å²) in [7, 11) is -3.08. The minimum absolute atomic E-state index is 0.0579. The van der Waals surface area contributed by atoms with Gasteiger partial charge in [0.25, 0.3) is 5.91 Å². The quantitative estimate of drug-likeness (QED) is 0.839. The molecular formula is C15H20N2O4S. The van der Waals surface area contributed by atoms with Gasteiger partial charge in [-0.25, -0.2) is 8.42 Å². The molecule has 1 heterocycles. The van der Waals surface area contributed by atoms with Crippen LogP contribution in [0.4, 0.5) is 0 Å². The number of benzene rings is 1. The molecule has 1 saturated heterocycles. The first-order valence-corrected chi connectivity index (χ1v) is 8.88. The molecule has 0 radical (unpaired) electrons. The van der Waals surface area contributed by atoms with Crippen molar-refractivity contribution in [3.8, 4) is 0 Å². The van der Waals surface area contributed by atoms with E-state index in [2.05, 4.69) is 10.6 Å². The lowest BCUT2D eigenvalue weighted by molar-refractivity contribution is -0.121. The smallest absolute Gasteiger partial charge is 0.251 e. The Morgan fingerprint density at radius 2 is 1.86 bits per heavy atom. The molecule has 2 amide bonds. The lowest BCUT2D eigenvalue weighted by Crippen LogP contribution is -2.50. The van der Waals surface area contributed by atoms with Gasteiger partial charge in [-0.15, -0.1) is 0 Å². The second kappa shape index (κ2) is 6.08. The number of hydrogen-bond acceptors (Lipinski definition) is 4. The van der Waals surface area contributed by atoms with Crippen LogP contribution < -0.4 is 10.6 Å². The van der Waals surface area contributed by atoms with Crippen LogP contribution >= 0.6 is 0 Å². The summed E-state index contributed by atoms with van der Waals surface area (Å²) in [6, 6.07) is 7.01. The first-order chi connectivity index (χ1) is 10.2. The van der Waals surface area contributed by atoms with Crippen LogP contribution in [-0.2, 0) is 14.6 Å². The van der Waals surface area contributed by atoms with Crippen LogP contribution in [0.15, 0.2) is 24.3 Å². The van der Waals surface area contributed by atoms with Crippen LogP contribution in [0.5, 0.6) is 0 Å². The highest BCUT2D eigenvalue weighted by molar-refractivity contribution is 7.91. The van der Waals surface area contributed by atoms with E-state index in [1.165, 1.54) is 0 Å². The van der Waals surface area contributed by atoms with E-state index in [0.29, 0.717) is 12.0 Å². The highest BCUT2D eigenvalue weighted by atomic mass is 32.2. The molecule has 22 heavy (non-hydrogen) atoms. The van der Waals surface area contributed by atoms with Crippen molar-refractivity contribution in [2.45, 2.75) is 25.8 Å². The molecule has 0 spiro atoms. The summed E-state index contributed by atoms with van der Waals surface area (Å²) in [6.45, 7) is 3.45. The van der Waals surface area contributed by atoms with Crippen molar-refractivity contribution < 1.29 is 18.0 Å². The normalized spacial score (nSPS) is 23.0. The number of sulfone groups is 1. The number of rotatable bonds is 4. The fourth-order valence-corrected chi connectivity index (χ4v) is 4.55. The number of carbonyl (C=O) groups excluding carboxylic acids is 2. The summed E-state index contributed by atoms with van der Waals surface area (Å²) in [5.41, 5.74) is 0.780. The molecule has 6 nitrogen and oxygen atoms in total. The van der Waals surface area contributed by atoms with E-state index in [1.807, 2.05) is 19.1 Å². The van der Waals surface area contributed by atoms with E-state index in [1.54, 1.807) is 19.1 Å². The fraction of sp³-hybridized carbons (Fsp3) is 0.467. The second-order valence-electron chi connectivity index (χ2n) is 6.00. The minimum Gasteiger partial charge on any atom is -0.348 e. The molecule has 1 aromatic rings. The summed E-state index contributed by atoms with van der Waals surface area (Å²) in [5.74, 6) is -0.698. The Morgan fingerprint density at radius 1 is 1.23 bits per heavy atom. The third-order valence-electron chi connectivity index (χ3n) is 3.67. The van der Waals surface area contributed by atoms with Gasteiger partial charge in [0.15, 0.2) is 9.84 Å². The molecule has 1 aliphatic heterocycles. The Morgan fingerprint density at radius 3 is 2.41 bits per heavy atom. The SMILES string of the molecule is Cc1ccc(C(=O)NCC(=O)N[C@]2(C)CCS(=O)(=O)C2)cc1. The van der Waals surface area contributed by atoms with Gasteiger partial charge in [0.1, 0.15) is 0 Å². The molecule has 2 N–H and O–H groups in total. The Labute approximate surface area is 130 Å². The average molecular weight is 324 g/mol. The van der Waals surface area contributed by atoms with Crippen molar-refractivity contribution in [2.24, 2.45) is 0 Å². The Balaban J connectivity index is 1.85. The number of aryl methyl sites for hydroxylation is 1. The van der Waals surface area contributed by atoms with Gasteiger partial charge in [-0.1, -0.05) is 17.7 Å². The highest BCUT2D eigenvalue weighted by Crippen LogP contribution is 2.22. The summed E-state index contributed by atoms with van der Waals surface area (Å²) in [4.78, 5) is 23.8. The molecular weight excluding hydrogens is 304 g/mol. The topological polar surface area (TPSA) is 92.3 Å². The maximum absolute atomic E-state index is 11.9. The predicted octanol–water partition coefficient (Wildman–Crippen LogP) is 0.418. The largest absolute Gasteiger partial charge is 0.348 e. The molecule has 0 unspecified atom stereocenters. The van der Waals surface area contributed by atoms with Crippen LogP contribution in [0.2, 0.25) is 0 Å². The van der Waals surface area contributed by atoms with Crippen molar-refractivity contribution in [2.75, 3.05) is 18.1 Å². The van der Waals surface area contributed by atoms with E-state index in [9.17, 15) is 18.0 Å². The van der Waals surface area contributed by atoms with Crippen LogP contribution in [0.1, 0.15) is 29.3 Å². The van der Waals surface area contributed by atoms with Gasteiger partial charge in [-0.05, 0) is 32.4 Å². The van der Waals surface area contributed by atoms with Gasteiger partial charge in [0.2, 0.25) is 5.91 Å². The minimum atomic E-state index is -3.08. The fourth-order valence-electron chi connectivity index (χ4n) is 2.46. The molecule has 1 aromatic carbocycles. The van der Waals surface area contributed by atoms with E-state index < -0.39 is 15.4 Å². The van der Waals surface area contributed by atoms with Crippen molar-refractivity contribution >= 4 is 21.7 Å². The van der Waals surface area contributed by atoms with Gasteiger partial charge in [-0.2, -0.15) is 0 Å². The maximum Gasteiger partial charge on any atom is 0.251 e. The third kappa shape index (κ3) is 4.30. The molecule has 2 rings (SSSR count). The second-order valence-corrected chi connectivity index (χ2v) is 8.18. The predicted molar refractivity (Wildman–Crippen MR) is 83.3 cm³/mol. The zero-order valence-corrected chi connectivity index (χ0v) is 13.5. The lowest BCUT2D eigenvalue weighted by Gasteiger charge is -2.23. The number of amides is 2. The Hall–Kier alpha value is -1.89. The molecule has 1 fully saturated rings. The van der Waals surface area contributed by atoms with Crippen LogP contribution in [-0.4, -0.2) is 43.8 Å². The molecule has 1 aliphatic rings. The average Bonchev–Trinajstić information content (AvgIpc) is 2.70. The molecule has 1 atom stereocenters. The van der Waals surface area contributed by atoms with Crippen molar-refractivity contribution in [1.29, 1.82) is 0 Å². The molecule has 0 saturated carbocycles. The van der Waals surface area contributed by atoms with Crippen LogP contribution in [0, 0.1) is 6.92 Å². The summed E-state index contributed by atoms with van der Waals surface area (Å²) in [5, 5.41) is 5.22. The number of hydrogen-bond donors (Lipinski definition) is 2. The number of carbonyl (C=O) groups is 2. The first-order valence-electron chi connectivity index (χ1n) is 7.05. The van der Waals surface area contributed by atoms with Gasteiger partial charge in [0.05, 0.1) is 23.6 Å². The summed E-state index contributed by atoms with van der Waals surface area (Å²) in [6.07, 6.45) is 0.396. The lowest BCUT2D eigenvalue weighted by atomic mass is 10.0. The molecule has 0 aromatic heterocycles. The molecule has 120 valence electrons. The molecule has 0 bridgehead atoms. The van der Waals surface area contributed by atoms with Crippen LogP contribution in [0.25, 0.3) is 0 Å². The van der Waals surface area contributed by atoms with Crippen molar-refractivity contribution in [3.63, 3.8) is 0 Å². The van der Waals surface area contributed by atoms with Gasteiger partial charge in [0, 0.05) is 5.56 Å². The highest BCUT2D eigenvalue weighted by Gasteiger charge is 2.39.